The molecule has 0 spiro atoms. The van der Waals surface area contributed by atoms with E-state index in [9.17, 15) is 0 Å². The molecule has 0 amide bonds. The van der Waals surface area contributed by atoms with Crippen molar-refractivity contribution in [1.82, 2.24) is 5.32 Å². The van der Waals surface area contributed by atoms with Crippen molar-refractivity contribution >= 4 is 11.8 Å². The number of ether oxygens (including phenoxy) is 1. The van der Waals surface area contributed by atoms with Crippen LogP contribution in [-0.4, -0.2) is 25.4 Å². The average molecular weight is 129 g/mol. The summed E-state index contributed by atoms with van der Waals surface area (Å²) in [7, 11) is 1.72. The van der Waals surface area contributed by atoms with E-state index in [-0.39, 0.29) is 11.8 Å². The zero-order valence-corrected chi connectivity index (χ0v) is 5.62. The molecule has 9 heavy (non-hydrogen) atoms. The highest BCUT2D eigenvalue weighted by molar-refractivity contribution is 5.88. The van der Waals surface area contributed by atoms with Gasteiger partial charge in [-0.1, -0.05) is 0 Å². The summed E-state index contributed by atoms with van der Waals surface area (Å²) >= 11 is 0. The number of rotatable bonds is 2. The maximum Gasteiger partial charge on any atom is 0.202 e. The van der Waals surface area contributed by atoms with Crippen molar-refractivity contribution in [1.29, 1.82) is 10.8 Å². The molecule has 0 aromatic carbocycles. The Morgan fingerprint density at radius 3 is 2.44 bits per heavy atom. The Balaban J connectivity index is 3.39. The van der Waals surface area contributed by atoms with Gasteiger partial charge in [0, 0.05) is 6.92 Å². The van der Waals surface area contributed by atoms with Gasteiger partial charge in [-0.3, -0.25) is 10.8 Å². The van der Waals surface area contributed by atoms with Crippen molar-refractivity contribution in [2.45, 2.75) is 6.92 Å². The van der Waals surface area contributed by atoms with Crippen molar-refractivity contribution in [2.24, 2.45) is 0 Å². The minimum absolute atomic E-state index is 0.0512. The van der Waals surface area contributed by atoms with Gasteiger partial charge in [0.1, 0.15) is 0 Å². The quantitative estimate of drug-likeness (QED) is 0.368. The SMILES string of the molecule is CNCC(=N)OC(C)=N. The summed E-state index contributed by atoms with van der Waals surface area (Å²) in [6.45, 7) is 1.86. The molecule has 52 valence electrons. The van der Waals surface area contributed by atoms with E-state index in [0.717, 1.165) is 0 Å². The van der Waals surface area contributed by atoms with E-state index in [0.29, 0.717) is 6.54 Å². The van der Waals surface area contributed by atoms with Gasteiger partial charge in [0.2, 0.25) is 5.90 Å². The summed E-state index contributed by atoms with van der Waals surface area (Å²) in [4.78, 5) is 0. The van der Waals surface area contributed by atoms with Crippen LogP contribution < -0.4 is 5.32 Å². The van der Waals surface area contributed by atoms with Crippen LogP contribution >= 0.6 is 0 Å². The van der Waals surface area contributed by atoms with Crippen LogP contribution in [0.2, 0.25) is 0 Å². The summed E-state index contributed by atoms with van der Waals surface area (Å²) in [6, 6.07) is 0. The summed E-state index contributed by atoms with van der Waals surface area (Å²) in [5.74, 6) is 0.125. The monoisotopic (exact) mass is 129 g/mol. The van der Waals surface area contributed by atoms with E-state index < -0.39 is 0 Å². The predicted molar refractivity (Wildman–Crippen MR) is 36.1 cm³/mol. The molecule has 0 rings (SSSR count). The van der Waals surface area contributed by atoms with E-state index in [2.05, 4.69) is 10.1 Å². The zero-order valence-electron chi connectivity index (χ0n) is 5.62. The second-order valence-corrected chi connectivity index (χ2v) is 1.61. The Morgan fingerprint density at radius 2 is 2.11 bits per heavy atom. The van der Waals surface area contributed by atoms with Crippen LogP contribution in [-0.2, 0) is 4.74 Å². The molecule has 4 heteroatoms. The first kappa shape index (κ1) is 8.10. The maximum absolute atomic E-state index is 6.99. The Bertz CT molecular complexity index is 121. The molecule has 3 N–H and O–H groups in total. The second-order valence-electron chi connectivity index (χ2n) is 1.61. The molecule has 0 fully saturated rings. The molecule has 0 unspecified atom stereocenters. The van der Waals surface area contributed by atoms with Gasteiger partial charge in [-0.05, 0) is 7.05 Å². The number of nitrogens with one attached hydrogen (secondary N) is 3. The van der Waals surface area contributed by atoms with E-state index >= 15 is 0 Å². The van der Waals surface area contributed by atoms with Crippen LogP contribution in [0.4, 0.5) is 0 Å². The summed E-state index contributed by atoms with van der Waals surface area (Å²) in [5, 5.41) is 16.5. The van der Waals surface area contributed by atoms with Crippen LogP contribution in [0.3, 0.4) is 0 Å². The van der Waals surface area contributed by atoms with Gasteiger partial charge in [-0.25, -0.2) is 0 Å². The van der Waals surface area contributed by atoms with Crippen LogP contribution in [0.25, 0.3) is 0 Å². The molecule has 0 radical (unpaired) electrons. The van der Waals surface area contributed by atoms with Gasteiger partial charge in [0.25, 0.3) is 0 Å². The third-order valence-corrected chi connectivity index (χ3v) is 0.614. The Labute approximate surface area is 54.2 Å². The van der Waals surface area contributed by atoms with E-state index in [1.807, 2.05) is 0 Å². The Kier molecular flexibility index (Phi) is 3.62. The fourth-order valence-corrected chi connectivity index (χ4v) is 0.381. The van der Waals surface area contributed by atoms with Gasteiger partial charge in [0.05, 0.1) is 6.54 Å². The molecule has 0 bridgehead atoms. The fraction of sp³-hybridized carbons (Fsp3) is 0.600. The topological polar surface area (TPSA) is 69.0 Å². The molecule has 0 saturated carbocycles. The van der Waals surface area contributed by atoms with Gasteiger partial charge in [0.15, 0.2) is 5.90 Å². The molecule has 0 atom stereocenters. The highest BCUT2D eigenvalue weighted by Crippen LogP contribution is 1.77. The minimum Gasteiger partial charge on any atom is -0.429 e. The van der Waals surface area contributed by atoms with Crippen LogP contribution in [0, 0.1) is 10.8 Å². The third-order valence-electron chi connectivity index (χ3n) is 0.614. The summed E-state index contributed by atoms with van der Waals surface area (Å²) in [6.07, 6.45) is 0. The third kappa shape index (κ3) is 4.96. The van der Waals surface area contributed by atoms with Gasteiger partial charge in [-0.2, -0.15) is 0 Å². The number of hydrogen-bond donors (Lipinski definition) is 3. The lowest BCUT2D eigenvalue weighted by molar-refractivity contribution is 0.513. The van der Waals surface area contributed by atoms with Gasteiger partial charge >= 0.3 is 0 Å². The van der Waals surface area contributed by atoms with E-state index in [4.69, 9.17) is 10.8 Å². The van der Waals surface area contributed by atoms with Gasteiger partial charge in [-0.15, -0.1) is 0 Å². The van der Waals surface area contributed by atoms with Crippen molar-refractivity contribution in [2.75, 3.05) is 13.6 Å². The molecule has 0 aliphatic rings. The molecule has 0 aromatic rings. The zero-order chi connectivity index (χ0) is 7.28. The number of likely N-dealkylation sites (N-methyl/N-ethyl adjacent to an activating group) is 1. The van der Waals surface area contributed by atoms with Crippen molar-refractivity contribution in [3.05, 3.63) is 0 Å². The smallest absolute Gasteiger partial charge is 0.202 e. The van der Waals surface area contributed by atoms with Crippen LogP contribution in [0.1, 0.15) is 6.92 Å². The molecule has 0 aromatic heterocycles. The van der Waals surface area contributed by atoms with Crippen molar-refractivity contribution < 1.29 is 4.74 Å². The highest BCUT2D eigenvalue weighted by Gasteiger charge is 1.94. The van der Waals surface area contributed by atoms with E-state index in [1.54, 1.807) is 7.05 Å². The minimum atomic E-state index is 0.0512. The molecule has 0 aliphatic carbocycles. The van der Waals surface area contributed by atoms with E-state index in [1.165, 1.54) is 6.92 Å². The lowest BCUT2D eigenvalue weighted by Gasteiger charge is -2.01. The molecule has 0 saturated heterocycles. The lowest BCUT2D eigenvalue weighted by atomic mass is 10.6. The first-order valence-corrected chi connectivity index (χ1v) is 2.62. The highest BCUT2D eigenvalue weighted by atomic mass is 16.5. The molecular formula is C5H11N3O. The first-order chi connectivity index (χ1) is 4.16. The average Bonchev–Trinajstić information content (AvgIpc) is 1.63. The summed E-state index contributed by atoms with van der Waals surface area (Å²) in [5.41, 5.74) is 0. The lowest BCUT2D eigenvalue weighted by Crippen LogP contribution is -2.21. The summed E-state index contributed by atoms with van der Waals surface area (Å²) < 4.78 is 4.59. The second kappa shape index (κ2) is 4.03. The fourth-order valence-electron chi connectivity index (χ4n) is 0.381. The molecular weight excluding hydrogens is 118 g/mol. The maximum atomic E-state index is 6.99. The molecule has 0 aliphatic heterocycles. The predicted octanol–water partition coefficient (Wildman–Crippen LogP) is 0.197. The number of hydrogen-bond acceptors (Lipinski definition) is 4. The molecule has 4 nitrogen and oxygen atoms in total. The van der Waals surface area contributed by atoms with Crippen LogP contribution in [0.5, 0.6) is 0 Å². The van der Waals surface area contributed by atoms with Crippen LogP contribution in [0.15, 0.2) is 0 Å². The Hall–Kier alpha value is -0.900. The van der Waals surface area contributed by atoms with Gasteiger partial charge < -0.3 is 10.1 Å². The van der Waals surface area contributed by atoms with Crippen molar-refractivity contribution in [3.63, 3.8) is 0 Å². The molecule has 0 heterocycles. The van der Waals surface area contributed by atoms with Crippen molar-refractivity contribution in [3.8, 4) is 0 Å². The normalized spacial score (nSPS) is 8.67. The largest absolute Gasteiger partial charge is 0.429 e. The Morgan fingerprint density at radius 1 is 1.56 bits per heavy atom. The first-order valence-electron chi connectivity index (χ1n) is 2.62. The standard InChI is InChI=1S/C5H11N3O/c1-4(6)9-5(7)3-8-2/h6-8H,3H2,1-2H3.